The first kappa shape index (κ1) is 23.5. The number of hydrogen-bond donors (Lipinski definition) is 0. The van der Waals surface area contributed by atoms with Gasteiger partial charge in [-0.25, -0.2) is 0 Å². The number of aliphatic imine (C=N–C) groups is 1. The molecule has 1 unspecified atom stereocenters. The molecule has 0 amide bonds. The number of rotatable bonds is 3. The van der Waals surface area contributed by atoms with Crippen LogP contribution in [0.4, 0.5) is 17.1 Å². The summed E-state index contributed by atoms with van der Waals surface area (Å²) in [7, 11) is 0. The van der Waals surface area contributed by atoms with Crippen LogP contribution in [0, 0.1) is 0 Å². The van der Waals surface area contributed by atoms with Crippen molar-refractivity contribution in [1.29, 1.82) is 0 Å². The number of nitrogens with zero attached hydrogens (tertiary/aromatic N) is 3. The molecule has 1 aliphatic heterocycles. The normalized spacial score (nSPS) is 16.0. The number of thiophene rings is 1. The molecule has 4 heteroatoms. The van der Waals surface area contributed by atoms with Crippen molar-refractivity contribution in [2.45, 2.75) is 6.04 Å². The predicted molar refractivity (Wildman–Crippen MR) is 180 cm³/mol. The van der Waals surface area contributed by atoms with Gasteiger partial charge < -0.3 is 4.90 Å². The van der Waals surface area contributed by atoms with Crippen molar-refractivity contribution in [3.05, 3.63) is 151 Å². The zero-order chi connectivity index (χ0) is 27.6. The quantitative estimate of drug-likeness (QED) is 0.212. The monoisotopic (exact) mass is 555 g/mol. The third kappa shape index (κ3) is 3.49. The van der Waals surface area contributed by atoms with Gasteiger partial charge in [0.2, 0.25) is 0 Å². The standard InChI is InChI=1S/C38H25N3S/c1-2-12-26(13-3-1)40(27-21-22-36-30(24-27)28-14-6-9-20-35(28)42-36)33-18-10-19-34-38(33)29-15-5-8-17-32(29)41(34)37-23-25-11-4-7-16-31(25)39-37/h1-24,31H. The summed E-state index contributed by atoms with van der Waals surface area (Å²) in [6, 6.07) is 41.8. The Morgan fingerprint density at radius 3 is 2.33 bits per heavy atom. The van der Waals surface area contributed by atoms with Gasteiger partial charge in [-0.1, -0.05) is 85.0 Å². The van der Waals surface area contributed by atoms with Gasteiger partial charge in [-0.3, -0.25) is 9.56 Å². The van der Waals surface area contributed by atoms with Gasteiger partial charge in [0, 0.05) is 42.3 Å². The lowest BCUT2D eigenvalue weighted by molar-refractivity contribution is 0.990. The Balaban J connectivity index is 1.33. The van der Waals surface area contributed by atoms with Crippen molar-refractivity contribution in [3.63, 3.8) is 0 Å². The van der Waals surface area contributed by atoms with Crippen molar-refractivity contribution in [3.8, 4) is 0 Å². The Bertz CT molecular complexity index is 2310. The summed E-state index contributed by atoms with van der Waals surface area (Å²) in [5.41, 5.74) is 6.96. The fourth-order valence-electron chi connectivity index (χ4n) is 6.54. The van der Waals surface area contributed by atoms with E-state index in [0.717, 1.165) is 33.9 Å². The number of benzene rings is 5. The third-order valence-corrected chi connectivity index (χ3v) is 9.53. The summed E-state index contributed by atoms with van der Waals surface area (Å²) >= 11 is 1.85. The van der Waals surface area contributed by atoms with Crippen molar-refractivity contribution < 1.29 is 0 Å². The molecule has 0 fully saturated rings. The average Bonchev–Trinajstić information content (AvgIpc) is 3.73. The third-order valence-electron chi connectivity index (χ3n) is 8.38. The maximum absolute atomic E-state index is 5.14. The van der Waals surface area contributed by atoms with Crippen LogP contribution in [0.5, 0.6) is 0 Å². The van der Waals surface area contributed by atoms with E-state index in [1.165, 1.54) is 36.5 Å². The minimum Gasteiger partial charge on any atom is -0.310 e. The van der Waals surface area contributed by atoms with Gasteiger partial charge in [0.05, 0.1) is 22.8 Å². The molecule has 9 rings (SSSR count). The van der Waals surface area contributed by atoms with E-state index in [1.807, 2.05) is 11.3 Å². The van der Waals surface area contributed by atoms with Gasteiger partial charge in [0.25, 0.3) is 0 Å². The summed E-state index contributed by atoms with van der Waals surface area (Å²) in [5, 5.41) is 5.03. The van der Waals surface area contributed by atoms with Crippen LogP contribution in [0.15, 0.2) is 156 Å². The number of allylic oxidation sites excluding steroid dienone is 3. The molecule has 0 bridgehead atoms. The molecular weight excluding hydrogens is 531 g/mol. The van der Waals surface area contributed by atoms with Gasteiger partial charge in [-0.2, -0.15) is 0 Å². The largest absolute Gasteiger partial charge is 0.310 e. The Kier molecular flexibility index (Phi) is 5.13. The molecule has 0 radical (unpaired) electrons. The lowest BCUT2D eigenvalue weighted by atomic mass is 10.0. The van der Waals surface area contributed by atoms with E-state index in [9.17, 15) is 0 Å². The molecule has 42 heavy (non-hydrogen) atoms. The van der Waals surface area contributed by atoms with E-state index < -0.39 is 0 Å². The highest BCUT2D eigenvalue weighted by Gasteiger charge is 2.25. The number of anilines is 3. The molecule has 2 aliphatic rings. The molecule has 5 aromatic carbocycles. The lowest BCUT2D eigenvalue weighted by Gasteiger charge is -2.26. The second-order valence-electron chi connectivity index (χ2n) is 10.8. The predicted octanol–water partition coefficient (Wildman–Crippen LogP) is 10.3. The molecule has 1 atom stereocenters. The fraction of sp³-hybridized carbons (Fsp3) is 0.0263. The molecular formula is C38H25N3S. The smallest absolute Gasteiger partial charge is 0.133 e. The summed E-state index contributed by atoms with van der Waals surface area (Å²) in [5.74, 6) is 0.979. The van der Waals surface area contributed by atoms with Crippen molar-refractivity contribution in [1.82, 2.24) is 4.57 Å². The molecule has 3 nitrogen and oxygen atoms in total. The molecule has 7 aromatic rings. The van der Waals surface area contributed by atoms with Gasteiger partial charge in [-0.15, -0.1) is 11.3 Å². The van der Waals surface area contributed by atoms with Gasteiger partial charge in [-0.05, 0) is 66.2 Å². The number of fused-ring (bicyclic) bond motifs is 7. The first-order valence-electron chi connectivity index (χ1n) is 14.3. The van der Waals surface area contributed by atoms with Crippen LogP contribution < -0.4 is 4.90 Å². The van der Waals surface area contributed by atoms with Crippen molar-refractivity contribution in [2.24, 2.45) is 4.99 Å². The van der Waals surface area contributed by atoms with Gasteiger partial charge in [0.1, 0.15) is 5.84 Å². The first-order valence-corrected chi connectivity index (χ1v) is 15.1. The first-order chi connectivity index (χ1) is 20.8. The van der Waals surface area contributed by atoms with E-state index >= 15 is 0 Å². The van der Waals surface area contributed by atoms with Crippen LogP contribution in [0.3, 0.4) is 0 Å². The molecule has 3 heterocycles. The van der Waals surface area contributed by atoms with Gasteiger partial charge in [0.15, 0.2) is 0 Å². The van der Waals surface area contributed by atoms with E-state index in [4.69, 9.17) is 4.99 Å². The van der Waals surface area contributed by atoms with Crippen LogP contribution >= 0.6 is 11.3 Å². The minimum absolute atomic E-state index is 0.0809. The molecule has 0 saturated carbocycles. The highest BCUT2D eigenvalue weighted by Crippen LogP contribution is 2.45. The number of aromatic nitrogens is 1. The van der Waals surface area contributed by atoms with Crippen LogP contribution in [0.25, 0.3) is 42.0 Å². The van der Waals surface area contributed by atoms with Crippen molar-refractivity contribution in [2.75, 3.05) is 4.90 Å². The number of hydrogen-bond acceptors (Lipinski definition) is 3. The molecule has 1 aliphatic carbocycles. The van der Waals surface area contributed by atoms with E-state index in [1.54, 1.807) is 0 Å². The zero-order valence-corrected chi connectivity index (χ0v) is 23.5. The molecule has 198 valence electrons. The van der Waals surface area contributed by atoms with E-state index in [-0.39, 0.29) is 6.04 Å². The lowest BCUT2D eigenvalue weighted by Crippen LogP contribution is -2.11. The highest BCUT2D eigenvalue weighted by atomic mass is 32.1. The van der Waals surface area contributed by atoms with Crippen LogP contribution in [0.1, 0.15) is 0 Å². The Labute approximate surface area is 247 Å². The van der Waals surface area contributed by atoms with Crippen LogP contribution in [-0.4, -0.2) is 16.4 Å². The Hall–Kier alpha value is -5.19. The molecule has 2 aromatic heterocycles. The van der Waals surface area contributed by atoms with Gasteiger partial charge >= 0.3 is 0 Å². The summed E-state index contributed by atoms with van der Waals surface area (Å²) in [6.07, 6.45) is 10.7. The van der Waals surface area contributed by atoms with Crippen molar-refractivity contribution >= 4 is 76.2 Å². The maximum Gasteiger partial charge on any atom is 0.133 e. The van der Waals surface area contributed by atoms with Crippen LogP contribution in [0.2, 0.25) is 0 Å². The second-order valence-corrected chi connectivity index (χ2v) is 11.9. The summed E-state index contributed by atoms with van der Waals surface area (Å²) < 4.78 is 4.96. The summed E-state index contributed by atoms with van der Waals surface area (Å²) in [4.78, 5) is 7.55. The SMILES string of the molecule is C1=CC2=CC(n3c4ccccc4c4c(N(c5ccccc5)c5ccc6sc7ccccc7c6c5)cccc43)=NC2C=C1. The zero-order valence-electron chi connectivity index (χ0n) is 22.7. The Morgan fingerprint density at radius 1 is 0.643 bits per heavy atom. The van der Waals surface area contributed by atoms with E-state index in [2.05, 4.69) is 155 Å². The molecule has 0 saturated heterocycles. The highest BCUT2D eigenvalue weighted by molar-refractivity contribution is 7.25. The topological polar surface area (TPSA) is 20.5 Å². The fourth-order valence-corrected chi connectivity index (χ4v) is 7.63. The second kappa shape index (κ2) is 9.16. The van der Waals surface area contributed by atoms with E-state index in [0.29, 0.717) is 0 Å². The average molecular weight is 556 g/mol. The van der Waals surface area contributed by atoms with Crippen LogP contribution in [-0.2, 0) is 0 Å². The molecule has 0 N–H and O–H groups in total. The molecule has 0 spiro atoms. The Morgan fingerprint density at radius 2 is 1.43 bits per heavy atom. The minimum atomic E-state index is 0.0809. The summed E-state index contributed by atoms with van der Waals surface area (Å²) in [6.45, 7) is 0. The number of para-hydroxylation sites is 2. The maximum atomic E-state index is 5.14.